The molecule has 5 heteroatoms. The third kappa shape index (κ3) is 2.59. The molecule has 19 heavy (non-hydrogen) atoms. The normalized spacial score (nSPS) is 21.1. The van der Waals surface area contributed by atoms with Crippen molar-refractivity contribution in [2.24, 2.45) is 5.41 Å². The van der Waals surface area contributed by atoms with Crippen LogP contribution in [0.25, 0.3) is 0 Å². The molecule has 0 N–H and O–H groups in total. The minimum absolute atomic E-state index is 0.0820. The largest absolute Gasteiger partial charge is 0.462 e. The van der Waals surface area contributed by atoms with Crippen LogP contribution in [0.3, 0.4) is 0 Å². The summed E-state index contributed by atoms with van der Waals surface area (Å²) in [5.74, 6) is -1.77. The number of carbonyl (C=O) groups excluding carboxylic acids is 2. The van der Waals surface area contributed by atoms with Crippen molar-refractivity contribution in [1.82, 2.24) is 0 Å². The predicted octanol–water partition coefficient (Wildman–Crippen LogP) is 2.24. The Hall–Kier alpha value is -1.91. The first-order valence-corrected chi connectivity index (χ1v) is 5.95. The minimum Gasteiger partial charge on any atom is -0.462 e. The zero-order valence-electron chi connectivity index (χ0n) is 11.0. The van der Waals surface area contributed by atoms with Crippen molar-refractivity contribution in [3.8, 4) is 0 Å². The molecule has 0 aromatic heterocycles. The van der Waals surface area contributed by atoms with Crippen molar-refractivity contribution < 1.29 is 23.5 Å². The van der Waals surface area contributed by atoms with E-state index in [1.165, 1.54) is 12.1 Å². The molecule has 4 nitrogen and oxygen atoms in total. The summed E-state index contributed by atoms with van der Waals surface area (Å²) < 4.78 is 23.4. The van der Waals surface area contributed by atoms with E-state index in [9.17, 15) is 14.0 Å². The Bertz CT molecular complexity index is 536. The van der Waals surface area contributed by atoms with E-state index in [1.54, 1.807) is 20.8 Å². The third-order valence-electron chi connectivity index (χ3n) is 3.14. The van der Waals surface area contributed by atoms with Gasteiger partial charge < -0.3 is 9.47 Å². The highest BCUT2D eigenvalue weighted by molar-refractivity contribution is 5.92. The van der Waals surface area contributed by atoms with Crippen molar-refractivity contribution in [1.29, 1.82) is 0 Å². The lowest BCUT2D eigenvalue weighted by atomic mass is 9.90. The Kier molecular flexibility index (Phi) is 3.30. The van der Waals surface area contributed by atoms with E-state index in [1.807, 2.05) is 0 Å². The molecule has 1 aromatic rings. The average Bonchev–Trinajstić information content (AvgIpc) is 2.59. The molecule has 0 radical (unpaired) electrons. The monoisotopic (exact) mass is 266 g/mol. The molecule has 0 unspecified atom stereocenters. The van der Waals surface area contributed by atoms with E-state index < -0.39 is 29.3 Å². The maximum Gasteiger partial charge on any atom is 0.348 e. The van der Waals surface area contributed by atoms with Gasteiger partial charge in [-0.1, -0.05) is 19.9 Å². The third-order valence-corrected chi connectivity index (χ3v) is 3.14. The Morgan fingerprint density at radius 2 is 2.16 bits per heavy atom. The van der Waals surface area contributed by atoms with E-state index in [2.05, 4.69) is 0 Å². The number of esters is 2. The number of aryl methyl sites for hydroxylation is 1. The number of hydrogen-bond acceptors (Lipinski definition) is 4. The van der Waals surface area contributed by atoms with Crippen LogP contribution >= 0.6 is 0 Å². The quantitative estimate of drug-likeness (QED) is 0.770. The second kappa shape index (κ2) is 4.64. The van der Waals surface area contributed by atoms with Crippen molar-refractivity contribution in [3.63, 3.8) is 0 Å². The summed E-state index contributed by atoms with van der Waals surface area (Å²) in [5, 5.41) is 0. The molecular weight excluding hydrogens is 251 g/mol. The van der Waals surface area contributed by atoms with Gasteiger partial charge in [-0.3, -0.25) is 0 Å². The fraction of sp³-hybridized carbons (Fsp3) is 0.429. The number of cyclic esters (lactones) is 1. The lowest BCUT2D eigenvalue weighted by Gasteiger charge is -2.21. The molecule has 2 rings (SSSR count). The van der Waals surface area contributed by atoms with E-state index >= 15 is 0 Å². The fourth-order valence-electron chi connectivity index (χ4n) is 1.83. The molecule has 0 amide bonds. The van der Waals surface area contributed by atoms with Gasteiger partial charge in [0.05, 0.1) is 5.56 Å². The highest BCUT2D eigenvalue weighted by atomic mass is 19.1. The molecule has 1 fully saturated rings. The summed E-state index contributed by atoms with van der Waals surface area (Å²) in [5.41, 5.74) is -0.0496. The van der Waals surface area contributed by atoms with Crippen molar-refractivity contribution in [2.45, 2.75) is 26.9 Å². The summed E-state index contributed by atoms with van der Waals surface area (Å²) in [6, 6.07) is 4.06. The average molecular weight is 266 g/mol. The molecule has 0 aliphatic carbocycles. The van der Waals surface area contributed by atoms with E-state index in [4.69, 9.17) is 9.47 Å². The SMILES string of the molecule is Cc1ccc(C(=O)O[C@H]2C(=O)OCC2(C)C)cc1F. The summed E-state index contributed by atoms with van der Waals surface area (Å²) in [6.45, 7) is 5.34. The van der Waals surface area contributed by atoms with E-state index in [0.717, 1.165) is 6.07 Å². The Morgan fingerprint density at radius 3 is 2.68 bits per heavy atom. The Balaban J connectivity index is 2.17. The lowest BCUT2D eigenvalue weighted by Crippen LogP contribution is -2.34. The second-order valence-corrected chi connectivity index (χ2v) is 5.35. The van der Waals surface area contributed by atoms with Crippen LogP contribution in [0.4, 0.5) is 4.39 Å². The van der Waals surface area contributed by atoms with Gasteiger partial charge in [-0.25, -0.2) is 14.0 Å². The number of hydrogen-bond donors (Lipinski definition) is 0. The van der Waals surface area contributed by atoms with Crippen LogP contribution < -0.4 is 0 Å². The van der Waals surface area contributed by atoms with Gasteiger partial charge in [-0.2, -0.15) is 0 Å². The van der Waals surface area contributed by atoms with Gasteiger partial charge in [0.15, 0.2) is 0 Å². The van der Waals surface area contributed by atoms with Crippen molar-refractivity contribution >= 4 is 11.9 Å². The molecule has 1 aliphatic heterocycles. The molecule has 0 bridgehead atoms. The van der Waals surface area contributed by atoms with Crippen molar-refractivity contribution in [2.75, 3.05) is 6.61 Å². The topological polar surface area (TPSA) is 52.6 Å². The highest BCUT2D eigenvalue weighted by Gasteiger charge is 2.46. The number of carbonyl (C=O) groups is 2. The molecule has 0 saturated carbocycles. The lowest BCUT2D eigenvalue weighted by molar-refractivity contribution is -0.145. The van der Waals surface area contributed by atoms with Gasteiger partial charge in [0.25, 0.3) is 0 Å². The first-order valence-electron chi connectivity index (χ1n) is 5.95. The van der Waals surface area contributed by atoms with Crippen LogP contribution in [-0.2, 0) is 14.3 Å². The molecule has 0 spiro atoms. The second-order valence-electron chi connectivity index (χ2n) is 5.35. The van der Waals surface area contributed by atoms with Crippen LogP contribution in [0.1, 0.15) is 29.8 Å². The van der Waals surface area contributed by atoms with Crippen LogP contribution in [0.2, 0.25) is 0 Å². The fourth-order valence-corrected chi connectivity index (χ4v) is 1.83. The molecule has 1 atom stereocenters. The number of benzene rings is 1. The van der Waals surface area contributed by atoms with Crippen LogP contribution in [-0.4, -0.2) is 24.6 Å². The highest BCUT2D eigenvalue weighted by Crippen LogP contribution is 2.31. The molecule has 1 aliphatic rings. The maximum absolute atomic E-state index is 13.4. The Labute approximate surface area is 110 Å². The van der Waals surface area contributed by atoms with Gasteiger partial charge in [0.1, 0.15) is 12.4 Å². The van der Waals surface area contributed by atoms with Crippen molar-refractivity contribution in [3.05, 3.63) is 35.1 Å². The smallest absolute Gasteiger partial charge is 0.348 e. The summed E-state index contributed by atoms with van der Waals surface area (Å²) in [7, 11) is 0. The van der Waals surface area contributed by atoms with Gasteiger partial charge >= 0.3 is 11.9 Å². The Morgan fingerprint density at radius 1 is 1.47 bits per heavy atom. The summed E-state index contributed by atoms with van der Waals surface area (Å²) >= 11 is 0. The number of rotatable bonds is 2. The van der Waals surface area contributed by atoms with Crippen LogP contribution in [0.5, 0.6) is 0 Å². The minimum atomic E-state index is -0.954. The predicted molar refractivity (Wildman–Crippen MR) is 65.1 cm³/mol. The maximum atomic E-state index is 13.4. The van der Waals surface area contributed by atoms with Gasteiger partial charge in [0, 0.05) is 5.41 Å². The zero-order chi connectivity index (χ0) is 14.2. The van der Waals surface area contributed by atoms with Gasteiger partial charge in [-0.05, 0) is 24.6 Å². The molecule has 1 heterocycles. The first kappa shape index (κ1) is 13.5. The van der Waals surface area contributed by atoms with Crippen LogP contribution in [0, 0.1) is 18.2 Å². The van der Waals surface area contributed by atoms with E-state index in [-0.39, 0.29) is 12.2 Å². The zero-order valence-corrected chi connectivity index (χ0v) is 11.0. The van der Waals surface area contributed by atoms with E-state index in [0.29, 0.717) is 5.56 Å². The first-order chi connectivity index (χ1) is 8.81. The van der Waals surface area contributed by atoms with Gasteiger partial charge in [0.2, 0.25) is 6.10 Å². The molecular formula is C14H15FO4. The standard InChI is InChI=1S/C14H15FO4/c1-8-4-5-9(6-10(8)15)12(16)19-11-13(17)18-7-14(11,2)3/h4-6,11H,7H2,1-3H3/t11-/m0/s1. The number of halogens is 1. The number of ether oxygens (including phenoxy) is 2. The summed E-state index contributed by atoms with van der Waals surface area (Å²) in [4.78, 5) is 23.4. The molecule has 1 aromatic carbocycles. The van der Waals surface area contributed by atoms with Crippen LogP contribution in [0.15, 0.2) is 18.2 Å². The van der Waals surface area contributed by atoms with Gasteiger partial charge in [-0.15, -0.1) is 0 Å². The molecule has 102 valence electrons. The summed E-state index contributed by atoms with van der Waals surface area (Å²) in [6.07, 6.45) is -0.954. The molecule has 1 saturated heterocycles.